The van der Waals surface area contributed by atoms with E-state index in [2.05, 4.69) is 9.97 Å². The Morgan fingerprint density at radius 1 is 1.69 bits per heavy atom. The number of aromatic nitrogens is 2. The number of nitrogens with two attached hydrogens (primary N) is 1. The molecule has 0 amide bonds. The van der Waals surface area contributed by atoms with Crippen molar-refractivity contribution in [1.82, 2.24) is 9.97 Å². The highest BCUT2D eigenvalue weighted by atomic mass is 16.4. The molecule has 0 bridgehead atoms. The van der Waals surface area contributed by atoms with Gasteiger partial charge in [0, 0.05) is 0 Å². The molecule has 2 aromatic rings. The van der Waals surface area contributed by atoms with E-state index in [9.17, 15) is 4.79 Å². The van der Waals surface area contributed by atoms with Gasteiger partial charge in [-0.1, -0.05) is 6.92 Å². The fraction of sp³-hybridized carbons (Fsp3) is 0.250. The van der Waals surface area contributed by atoms with E-state index in [1.54, 1.807) is 6.07 Å². The molecule has 0 atom stereocenters. The Bertz CT molecular complexity index is 498. The van der Waals surface area contributed by atoms with Crippen LogP contribution in [0, 0.1) is 0 Å². The number of nitrogen functional groups attached to an aromatic ring is 1. The lowest BCUT2D eigenvalue weighted by Crippen LogP contribution is -1.96. The summed E-state index contributed by atoms with van der Waals surface area (Å²) < 4.78 is 4.79. The van der Waals surface area contributed by atoms with Gasteiger partial charge in [0.1, 0.15) is 5.52 Å². The molecule has 5 heteroatoms. The van der Waals surface area contributed by atoms with E-state index in [1.165, 1.54) is 0 Å². The molecule has 2 heterocycles. The van der Waals surface area contributed by atoms with E-state index < -0.39 is 5.76 Å². The first-order valence-electron chi connectivity index (χ1n) is 3.99. The monoisotopic (exact) mass is 179 g/mol. The van der Waals surface area contributed by atoms with Gasteiger partial charge in [0.2, 0.25) is 5.71 Å². The zero-order chi connectivity index (χ0) is 9.42. The first kappa shape index (κ1) is 7.85. The van der Waals surface area contributed by atoms with Gasteiger partial charge in [-0.15, -0.1) is 0 Å². The maximum atomic E-state index is 10.8. The van der Waals surface area contributed by atoms with Crippen LogP contribution in [0.15, 0.2) is 15.3 Å². The smallest absolute Gasteiger partial charge is 0.397 e. The van der Waals surface area contributed by atoms with Crippen molar-refractivity contribution < 1.29 is 4.42 Å². The van der Waals surface area contributed by atoms with E-state index in [-0.39, 0.29) is 0 Å². The molecule has 0 aliphatic heterocycles. The lowest BCUT2D eigenvalue weighted by atomic mass is 10.2. The van der Waals surface area contributed by atoms with Gasteiger partial charge in [0.25, 0.3) is 0 Å². The number of nitrogens with one attached hydrogen (secondary N) is 1. The Morgan fingerprint density at radius 3 is 3.15 bits per heavy atom. The molecule has 13 heavy (non-hydrogen) atoms. The molecule has 0 fully saturated rings. The number of hydrogen-bond donors (Lipinski definition) is 2. The average molecular weight is 179 g/mol. The van der Waals surface area contributed by atoms with Crippen molar-refractivity contribution in [2.45, 2.75) is 13.3 Å². The predicted molar refractivity (Wildman–Crippen MR) is 48.4 cm³/mol. The molecule has 0 saturated heterocycles. The fourth-order valence-corrected chi connectivity index (χ4v) is 1.22. The maximum Gasteiger partial charge on any atom is 0.418 e. The van der Waals surface area contributed by atoms with Gasteiger partial charge in [-0.05, 0) is 12.5 Å². The molecule has 0 saturated carbocycles. The van der Waals surface area contributed by atoms with Crippen LogP contribution < -0.4 is 11.5 Å². The summed E-state index contributed by atoms with van der Waals surface area (Å²) in [5.74, 6) is -0.504. The summed E-state index contributed by atoms with van der Waals surface area (Å²) >= 11 is 0. The second-order valence-electron chi connectivity index (χ2n) is 2.75. The van der Waals surface area contributed by atoms with Crippen LogP contribution >= 0.6 is 0 Å². The van der Waals surface area contributed by atoms with E-state index >= 15 is 0 Å². The highest BCUT2D eigenvalue weighted by molar-refractivity contribution is 5.73. The van der Waals surface area contributed by atoms with Crippen LogP contribution in [0.1, 0.15) is 12.6 Å². The van der Waals surface area contributed by atoms with Crippen LogP contribution in [-0.2, 0) is 6.42 Å². The summed E-state index contributed by atoms with van der Waals surface area (Å²) in [5, 5.41) is 0. The molecular formula is C8H9N3O2. The Morgan fingerprint density at radius 2 is 2.46 bits per heavy atom. The molecule has 0 spiro atoms. The molecule has 5 nitrogen and oxygen atoms in total. The zero-order valence-corrected chi connectivity index (χ0v) is 7.13. The Labute approximate surface area is 73.6 Å². The van der Waals surface area contributed by atoms with E-state index in [0.29, 0.717) is 16.9 Å². The van der Waals surface area contributed by atoms with Crippen LogP contribution in [-0.4, -0.2) is 9.97 Å². The quantitative estimate of drug-likeness (QED) is 0.673. The number of nitrogens with zero attached hydrogens (tertiary/aromatic N) is 1. The zero-order valence-electron chi connectivity index (χ0n) is 7.13. The van der Waals surface area contributed by atoms with Crippen LogP contribution in [0.3, 0.4) is 0 Å². The lowest BCUT2D eigenvalue weighted by Gasteiger charge is -1.99. The number of anilines is 1. The van der Waals surface area contributed by atoms with Crippen molar-refractivity contribution in [3.8, 4) is 0 Å². The van der Waals surface area contributed by atoms with Gasteiger partial charge in [-0.2, -0.15) is 0 Å². The van der Waals surface area contributed by atoms with Crippen molar-refractivity contribution in [1.29, 1.82) is 0 Å². The van der Waals surface area contributed by atoms with Crippen LogP contribution in [0.5, 0.6) is 0 Å². The number of rotatable bonds is 1. The van der Waals surface area contributed by atoms with Crippen molar-refractivity contribution in [2.75, 3.05) is 5.73 Å². The summed E-state index contributed by atoms with van der Waals surface area (Å²) in [6.45, 7) is 1.94. The third-order valence-corrected chi connectivity index (χ3v) is 1.86. The summed E-state index contributed by atoms with van der Waals surface area (Å²) in [4.78, 5) is 17.4. The molecule has 3 N–H and O–H groups in total. The van der Waals surface area contributed by atoms with Gasteiger partial charge < -0.3 is 10.2 Å². The minimum Gasteiger partial charge on any atom is -0.397 e. The first-order valence-corrected chi connectivity index (χ1v) is 3.99. The van der Waals surface area contributed by atoms with Crippen molar-refractivity contribution in [3.05, 3.63) is 22.3 Å². The number of hydrogen-bond acceptors (Lipinski definition) is 4. The van der Waals surface area contributed by atoms with Gasteiger partial charge in [-0.3, -0.25) is 4.98 Å². The van der Waals surface area contributed by atoms with E-state index in [1.807, 2.05) is 6.92 Å². The third kappa shape index (κ3) is 1.18. The predicted octanol–water partition coefficient (Wildman–Crippen LogP) is 0.661. The largest absolute Gasteiger partial charge is 0.418 e. The third-order valence-electron chi connectivity index (χ3n) is 1.86. The number of pyridine rings is 1. The number of oxazole rings is 1. The normalized spacial score (nSPS) is 10.8. The number of H-pyrrole nitrogens is 1. The molecule has 0 radical (unpaired) electrons. The van der Waals surface area contributed by atoms with Crippen molar-refractivity contribution >= 4 is 16.9 Å². The summed E-state index contributed by atoms with van der Waals surface area (Å²) in [6.07, 6.45) is 0.719. The summed E-state index contributed by atoms with van der Waals surface area (Å²) in [5.41, 5.74) is 7.86. The summed E-state index contributed by atoms with van der Waals surface area (Å²) in [6, 6.07) is 1.66. The average Bonchev–Trinajstić information content (AvgIpc) is 2.42. The number of aromatic amines is 1. The van der Waals surface area contributed by atoms with Crippen LogP contribution in [0.4, 0.5) is 5.69 Å². The minimum absolute atomic E-state index is 0.316. The van der Waals surface area contributed by atoms with Gasteiger partial charge in [0.05, 0.1) is 11.4 Å². The lowest BCUT2D eigenvalue weighted by molar-refractivity contribution is 0.544. The van der Waals surface area contributed by atoms with Crippen molar-refractivity contribution in [2.24, 2.45) is 0 Å². The number of fused-ring (bicyclic) bond motifs is 1. The summed E-state index contributed by atoms with van der Waals surface area (Å²) in [7, 11) is 0. The molecule has 0 aliphatic rings. The molecule has 68 valence electrons. The van der Waals surface area contributed by atoms with Crippen LogP contribution in [0.2, 0.25) is 0 Å². The second kappa shape index (κ2) is 2.62. The van der Waals surface area contributed by atoms with E-state index in [0.717, 1.165) is 12.1 Å². The standard InChI is InChI=1S/C8H9N3O2/c1-2-5-4(9)3-6-7(10-5)13-8(12)11-6/h3H,2,9H2,1H3,(H,11,12). The topological polar surface area (TPSA) is 84.9 Å². The molecule has 0 unspecified atom stereocenters. The van der Waals surface area contributed by atoms with Crippen LogP contribution in [0.25, 0.3) is 11.2 Å². The fourth-order valence-electron chi connectivity index (χ4n) is 1.22. The number of aryl methyl sites for hydroxylation is 1. The molecule has 2 aromatic heterocycles. The molecule has 0 aromatic carbocycles. The molecule has 0 aliphatic carbocycles. The highest BCUT2D eigenvalue weighted by Gasteiger charge is 2.06. The highest BCUT2D eigenvalue weighted by Crippen LogP contribution is 2.15. The Kier molecular flexibility index (Phi) is 1.58. The minimum atomic E-state index is -0.504. The Balaban J connectivity index is 2.80. The van der Waals surface area contributed by atoms with Gasteiger partial charge >= 0.3 is 5.76 Å². The van der Waals surface area contributed by atoms with Gasteiger partial charge in [-0.25, -0.2) is 9.78 Å². The van der Waals surface area contributed by atoms with Gasteiger partial charge in [0.15, 0.2) is 0 Å². The maximum absolute atomic E-state index is 10.8. The second-order valence-corrected chi connectivity index (χ2v) is 2.75. The Hall–Kier alpha value is -1.78. The van der Waals surface area contributed by atoms with Crippen molar-refractivity contribution in [3.63, 3.8) is 0 Å². The molecule has 2 rings (SSSR count). The molecular weight excluding hydrogens is 170 g/mol. The van der Waals surface area contributed by atoms with E-state index in [4.69, 9.17) is 10.2 Å². The first-order chi connectivity index (χ1) is 6.20. The SMILES string of the molecule is CCc1nc2oc(=O)[nH]c2cc1N.